The van der Waals surface area contributed by atoms with Crippen LogP contribution in [0.1, 0.15) is 33.6 Å². The van der Waals surface area contributed by atoms with Crippen LogP contribution < -0.4 is 0 Å². The molecule has 0 aromatic carbocycles. The monoisotopic (exact) mass is 212 g/mol. The van der Waals surface area contributed by atoms with Crippen molar-refractivity contribution >= 4 is 14.3 Å². The predicted molar refractivity (Wildman–Crippen MR) is 54.4 cm³/mol. The average molecular weight is 211 g/mol. The molecule has 1 aliphatic heterocycles. The van der Waals surface area contributed by atoms with Gasteiger partial charge in [0.1, 0.15) is 0 Å². The van der Waals surface area contributed by atoms with Gasteiger partial charge in [-0.2, -0.15) is 0 Å². The summed E-state index contributed by atoms with van der Waals surface area (Å²) in [7, 11) is 0. The zero-order chi connectivity index (χ0) is 8.27. The van der Waals surface area contributed by atoms with Gasteiger partial charge >= 0.3 is 74.2 Å². The van der Waals surface area contributed by atoms with Crippen LogP contribution in [0.15, 0.2) is 21.0 Å². The van der Waals surface area contributed by atoms with E-state index in [-0.39, 0.29) is 0 Å². The summed E-state index contributed by atoms with van der Waals surface area (Å²) < 4.78 is 1.86. The Morgan fingerprint density at radius 2 is 1.91 bits per heavy atom. The van der Waals surface area contributed by atoms with Gasteiger partial charge in [0.2, 0.25) is 0 Å². The Morgan fingerprint density at radius 3 is 2.36 bits per heavy atom. The molecule has 0 amide bonds. The fourth-order valence-electron chi connectivity index (χ4n) is 1.91. The fraction of sp³-hybridized carbons (Fsp3) is 0.600. The molecule has 0 aromatic heterocycles. The normalized spacial score (nSPS) is 23.4. The SMILES string of the molecule is CCC1=[C](CC)[GeH]([CH2]C)[CH]=C1. The molecule has 0 N–H and O–H groups in total. The summed E-state index contributed by atoms with van der Waals surface area (Å²) in [5.74, 6) is 0. The number of rotatable bonds is 3. The third-order valence-electron chi connectivity index (χ3n) is 2.59. The van der Waals surface area contributed by atoms with Gasteiger partial charge in [0.05, 0.1) is 0 Å². The Morgan fingerprint density at radius 1 is 1.18 bits per heavy atom. The standard InChI is InChI=1S/C10H18Ge/c1-4-9-7-8-11(6-3)10(9)5-2/h7-8,11H,4-6H2,1-3H3. The van der Waals surface area contributed by atoms with Crippen molar-refractivity contribution in [2.24, 2.45) is 0 Å². The second-order valence-corrected chi connectivity index (χ2v) is 9.66. The Hall–Kier alpha value is 0.0229. The molecule has 62 valence electrons. The van der Waals surface area contributed by atoms with Crippen LogP contribution in [0.25, 0.3) is 0 Å². The topological polar surface area (TPSA) is 0 Å². The van der Waals surface area contributed by atoms with Crippen LogP contribution in [0.4, 0.5) is 0 Å². The molecule has 0 saturated heterocycles. The summed E-state index contributed by atoms with van der Waals surface area (Å²) in [6.07, 6.45) is 4.96. The molecule has 1 rings (SSSR count). The van der Waals surface area contributed by atoms with Crippen LogP contribution in [0.3, 0.4) is 0 Å². The van der Waals surface area contributed by atoms with Gasteiger partial charge in [-0.05, 0) is 0 Å². The van der Waals surface area contributed by atoms with Gasteiger partial charge < -0.3 is 0 Å². The van der Waals surface area contributed by atoms with E-state index < -0.39 is 14.3 Å². The summed E-state index contributed by atoms with van der Waals surface area (Å²) in [5.41, 5.74) is 1.67. The summed E-state index contributed by atoms with van der Waals surface area (Å²) >= 11 is -1.01. The zero-order valence-electron chi connectivity index (χ0n) is 7.85. The van der Waals surface area contributed by atoms with E-state index >= 15 is 0 Å². The Bertz CT molecular complexity index is 189. The summed E-state index contributed by atoms with van der Waals surface area (Å²) in [4.78, 5) is 2.55. The molecule has 1 atom stereocenters. The third-order valence-corrected chi connectivity index (χ3v) is 9.33. The number of allylic oxidation sites excluding steroid dienone is 3. The zero-order valence-corrected chi connectivity index (χ0v) is 10.3. The van der Waals surface area contributed by atoms with Crippen molar-refractivity contribution in [3.05, 3.63) is 21.0 Å². The molecule has 1 heteroatoms. The predicted octanol–water partition coefficient (Wildman–Crippen LogP) is 3.00. The van der Waals surface area contributed by atoms with E-state index in [0.717, 1.165) is 0 Å². The van der Waals surface area contributed by atoms with E-state index in [2.05, 4.69) is 31.8 Å². The van der Waals surface area contributed by atoms with E-state index in [4.69, 9.17) is 0 Å². The Balaban J connectivity index is 2.77. The molecule has 0 radical (unpaired) electrons. The van der Waals surface area contributed by atoms with E-state index in [1.54, 1.807) is 5.57 Å². The minimum absolute atomic E-state index is 1.01. The van der Waals surface area contributed by atoms with Crippen molar-refractivity contribution in [2.75, 3.05) is 0 Å². The van der Waals surface area contributed by atoms with Crippen LogP contribution in [0, 0.1) is 0 Å². The molecule has 0 aliphatic carbocycles. The van der Waals surface area contributed by atoms with Crippen molar-refractivity contribution in [3.63, 3.8) is 0 Å². The first-order chi connectivity index (χ1) is 5.33. The minimum atomic E-state index is -1.01. The summed E-state index contributed by atoms with van der Waals surface area (Å²) in [6.45, 7) is 6.94. The van der Waals surface area contributed by atoms with Crippen LogP contribution in [-0.2, 0) is 0 Å². The molecule has 0 saturated carbocycles. The number of hydrogen-bond acceptors (Lipinski definition) is 0. The summed E-state index contributed by atoms with van der Waals surface area (Å²) in [6, 6.07) is 0. The van der Waals surface area contributed by atoms with E-state index in [9.17, 15) is 0 Å². The van der Waals surface area contributed by atoms with E-state index in [0.29, 0.717) is 0 Å². The molecular weight excluding hydrogens is 193 g/mol. The van der Waals surface area contributed by atoms with Crippen molar-refractivity contribution in [2.45, 2.75) is 38.9 Å². The Labute approximate surface area is 74.5 Å². The molecule has 0 nitrogen and oxygen atoms in total. The average Bonchev–Trinajstić information content (AvgIpc) is 2.45. The third kappa shape index (κ3) is 1.78. The van der Waals surface area contributed by atoms with Crippen LogP contribution in [0.5, 0.6) is 0 Å². The first-order valence-corrected chi connectivity index (χ1v) is 9.05. The number of hydrogen-bond donors (Lipinski definition) is 0. The molecule has 1 aliphatic rings. The molecule has 0 spiro atoms. The van der Waals surface area contributed by atoms with Gasteiger partial charge in [0, 0.05) is 0 Å². The maximum atomic E-state index is 2.55. The van der Waals surface area contributed by atoms with Crippen LogP contribution >= 0.6 is 0 Å². The molecule has 1 unspecified atom stereocenters. The quantitative estimate of drug-likeness (QED) is 0.629. The second-order valence-electron chi connectivity index (χ2n) is 3.13. The van der Waals surface area contributed by atoms with Crippen molar-refractivity contribution in [1.29, 1.82) is 0 Å². The molecule has 0 aromatic rings. The maximum absolute atomic E-state index is 2.55. The van der Waals surface area contributed by atoms with Gasteiger partial charge in [-0.3, -0.25) is 0 Å². The van der Waals surface area contributed by atoms with Gasteiger partial charge in [-0.15, -0.1) is 0 Å². The van der Waals surface area contributed by atoms with Gasteiger partial charge in [0.15, 0.2) is 0 Å². The van der Waals surface area contributed by atoms with Crippen LogP contribution in [0.2, 0.25) is 5.25 Å². The first-order valence-electron chi connectivity index (χ1n) is 4.73. The van der Waals surface area contributed by atoms with Gasteiger partial charge in [-0.25, -0.2) is 0 Å². The second kappa shape index (κ2) is 4.15. The van der Waals surface area contributed by atoms with Crippen molar-refractivity contribution in [1.82, 2.24) is 0 Å². The molecule has 11 heavy (non-hydrogen) atoms. The van der Waals surface area contributed by atoms with E-state index in [1.165, 1.54) is 18.1 Å². The van der Waals surface area contributed by atoms with Gasteiger partial charge in [0.25, 0.3) is 0 Å². The van der Waals surface area contributed by atoms with Crippen LogP contribution in [-0.4, -0.2) is 14.3 Å². The first kappa shape index (κ1) is 9.11. The Kier molecular flexibility index (Phi) is 3.44. The fourth-order valence-corrected chi connectivity index (χ4v) is 7.71. The molecule has 1 heterocycles. The van der Waals surface area contributed by atoms with Crippen molar-refractivity contribution < 1.29 is 0 Å². The molecule has 0 bridgehead atoms. The summed E-state index contributed by atoms with van der Waals surface area (Å²) in [5, 5.41) is 1.45. The molecular formula is C10H18Ge. The van der Waals surface area contributed by atoms with Crippen molar-refractivity contribution in [3.8, 4) is 0 Å². The molecule has 0 fully saturated rings. The van der Waals surface area contributed by atoms with E-state index in [1.807, 2.05) is 4.41 Å². The van der Waals surface area contributed by atoms with Gasteiger partial charge in [-0.1, -0.05) is 0 Å².